The summed E-state index contributed by atoms with van der Waals surface area (Å²) >= 11 is 0. The summed E-state index contributed by atoms with van der Waals surface area (Å²) < 4.78 is 79.5. The maximum Gasteiger partial charge on any atom is 0.387 e. The predicted octanol–water partition coefficient (Wildman–Crippen LogP) is 2.09. The molecule has 0 aliphatic heterocycles. The molecule has 1 aromatic heterocycles. The van der Waals surface area contributed by atoms with E-state index in [4.69, 9.17) is 5.21 Å². The van der Waals surface area contributed by atoms with Gasteiger partial charge >= 0.3 is 6.61 Å². The molecule has 0 spiro atoms. The lowest BCUT2D eigenvalue weighted by Crippen LogP contribution is -2.50. The van der Waals surface area contributed by atoms with Gasteiger partial charge in [-0.05, 0) is 31.0 Å². The lowest BCUT2D eigenvalue weighted by Gasteiger charge is -2.25. The highest BCUT2D eigenvalue weighted by molar-refractivity contribution is 7.92. The van der Waals surface area contributed by atoms with Crippen molar-refractivity contribution in [2.24, 2.45) is 0 Å². The number of sulfone groups is 1. The van der Waals surface area contributed by atoms with Crippen molar-refractivity contribution in [2.45, 2.75) is 31.2 Å². The third-order valence-corrected chi connectivity index (χ3v) is 6.79. The number of rotatable bonds is 8. The van der Waals surface area contributed by atoms with Crippen LogP contribution in [0.1, 0.15) is 13.3 Å². The Bertz CT molecular complexity index is 1150. The molecule has 0 saturated heterocycles. The van der Waals surface area contributed by atoms with E-state index in [1.54, 1.807) is 0 Å². The highest BCUT2D eigenvalue weighted by Crippen LogP contribution is 2.28. The number of hydrogen-bond acceptors (Lipinski definition) is 6. The molecule has 2 aromatic rings. The number of ether oxygens (including phenoxy) is 1. The minimum atomic E-state index is -4.03. The summed E-state index contributed by atoms with van der Waals surface area (Å²) in [6, 6.07) is 3.45. The minimum Gasteiger partial charge on any atom is -0.432 e. The van der Waals surface area contributed by atoms with Crippen LogP contribution < -0.4 is 15.8 Å². The first-order chi connectivity index (χ1) is 14.3. The Balaban J connectivity index is 2.36. The molecule has 0 bridgehead atoms. The van der Waals surface area contributed by atoms with Crippen LogP contribution in [0.4, 0.5) is 17.6 Å². The van der Waals surface area contributed by atoms with E-state index in [2.05, 4.69) is 4.74 Å². The van der Waals surface area contributed by atoms with Gasteiger partial charge in [0.2, 0.25) is 0 Å². The summed E-state index contributed by atoms with van der Waals surface area (Å²) in [5.74, 6) is -4.16. The van der Waals surface area contributed by atoms with Gasteiger partial charge in [-0.2, -0.15) is 8.78 Å². The summed E-state index contributed by atoms with van der Waals surface area (Å²) in [6.07, 6.45) is 1.04. The summed E-state index contributed by atoms with van der Waals surface area (Å²) in [4.78, 5) is 24.2. The molecule has 0 saturated carbocycles. The topological polar surface area (TPSA) is 115 Å². The highest BCUT2D eigenvalue weighted by Gasteiger charge is 2.43. The second kappa shape index (κ2) is 9.06. The fraction of sp³-hybridized carbons (Fsp3) is 0.333. The van der Waals surface area contributed by atoms with E-state index >= 15 is 0 Å². The SMILES string of the molecule is C[C@@](CCn1cc(F)c(-c2ccc(OC(F)F)c(F)c2)cc1=O)(C(=O)NO)S(C)(=O)=O. The van der Waals surface area contributed by atoms with Crippen LogP contribution in [0.2, 0.25) is 0 Å². The van der Waals surface area contributed by atoms with Gasteiger partial charge in [0.05, 0.1) is 0 Å². The number of hydroxylamine groups is 1. The maximum absolute atomic E-state index is 14.6. The van der Waals surface area contributed by atoms with E-state index in [9.17, 15) is 35.6 Å². The quantitative estimate of drug-likeness (QED) is 0.350. The smallest absolute Gasteiger partial charge is 0.387 e. The van der Waals surface area contributed by atoms with Crippen molar-refractivity contribution < 1.29 is 40.7 Å². The molecule has 13 heteroatoms. The molecule has 1 aromatic carbocycles. The van der Waals surface area contributed by atoms with Crippen molar-refractivity contribution in [2.75, 3.05) is 6.26 Å². The van der Waals surface area contributed by atoms with Crippen LogP contribution in [0.3, 0.4) is 0 Å². The van der Waals surface area contributed by atoms with Crippen LogP contribution in [0, 0.1) is 11.6 Å². The Morgan fingerprint density at radius 1 is 1.26 bits per heavy atom. The average molecular weight is 466 g/mol. The molecule has 2 N–H and O–H groups in total. The maximum atomic E-state index is 14.6. The first-order valence-corrected chi connectivity index (χ1v) is 10.5. The third-order valence-electron chi connectivity index (χ3n) is 4.77. The van der Waals surface area contributed by atoms with E-state index in [1.165, 1.54) is 5.48 Å². The summed E-state index contributed by atoms with van der Waals surface area (Å²) in [5, 5.41) is 8.81. The van der Waals surface area contributed by atoms with Gasteiger partial charge in [-0.15, -0.1) is 0 Å². The summed E-state index contributed by atoms with van der Waals surface area (Å²) in [5.41, 5.74) is -0.00108. The molecule has 2 rings (SSSR count). The summed E-state index contributed by atoms with van der Waals surface area (Å²) in [7, 11) is -4.03. The van der Waals surface area contributed by atoms with E-state index in [-0.39, 0.29) is 11.1 Å². The molecule has 170 valence electrons. The Kier molecular flexibility index (Phi) is 7.11. The number of amides is 1. The van der Waals surface area contributed by atoms with Gasteiger partial charge in [-0.25, -0.2) is 22.7 Å². The summed E-state index contributed by atoms with van der Waals surface area (Å²) in [6.45, 7) is -2.62. The van der Waals surface area contributed by atoms with Crippen molar-refractivity contribution in [3.63, 3.8) is 0 Å². The van der Waals surface area contributed by atoms with Crippen molar-refractivity contribution in [1.29, 1.82) is 0 Å². The Morgan fingerprint density at radius 3 is 2.42 bits per heavy atom. The van der Waals surface area contributed by atoms with Crippen molar-refractivity contribution in [1.82, 2.24) is 10.0 Å². The van der Waals surface area contributed by atoms with Gasteiger partial charge in [0, 0.05) is 30.6 Å². The first kappa shape index (κ1) is 24.3. The Hall–Kier alpha value is -2.93. The van der Waals surface area contributed by atoms with E-state index in [1.807, 2.05) is 0 Å². The lowest BCUT2D eigenvalue weighted by molar-refractivity contribution is -0.131. The number of nitrogens with one attached hydrogen (secondary N) is 1. The number of pyridine rings is 1. The number of carbonyl (C=O) groups is 1. The normalized spacial score (nSPS) is 13.7. The van der Waals surface area contributed by atoms with Crippen LogP contribution in [-0.4, -0.2) is 41.7 Å². The molecule has 0 aliphatic carbocycles. The molecule has 0 aliphatic rings. The average Bonchev–Trinajstić information content (AvgIpc) is 2.67. The molecule has 0 unspecified atom stereocenters. The van der Waals surface area contributed by atoms with Crippen molar-refractivity contribution in [3.05, 3.63) is 52.5 Å². The molecular weight excluding hydrogens is 448 g/mol. The highest BCUT2D eigenvalue weighted by atomic mass is 32.2. The molecule has 8 nitrogen and oxygen atoms in total. The number of hydrogen-bond donors (Lipinski definition) is 2. The number of aromatic nitrogens is 1. The van der Waals surface area contributed by atoms with E-state index < -0.39 is 63.0 Å². The van der Waals surface area contributed by atoms with Crippen LogP contribution in [0.5, 0.6) is 5.75 Å². The standard InChI is InChI=1S/C18H18F4N2O6S/c1-18(16(26)23-27,31(2,28)29)5-6-24-9-13(20)11(8-15(24)25)10-3-4-14(12(19)7-10)30-17(21)22/h3-4,7-9,17,27H,5-6H2,1-2H3,(H,23,26)/t18-/m1/s1. The third kappa shape index (κ3) is 5.22. The van der Waals surface area contributed by atoms with Crippen molar-refractivity contribution in [3.8, 4) is 16.9 Å². The van der Waals surface area contributed by atoms with Gasteiger partial charge in [0.1, 0.15) is 5.82 Å². The predicted molar refractivity (Wildman–Crippen MR) is 100 cm³/mol. The lowest BCUT2D eigenvalue weighted by atomic mass is 10.0. The van der Waals surface area contributed by atoms with Crippen LogP contribution in [0.25, 0.3) is 11.1 Å². The van der Waals surface area contributed by atoms with E-state index in [0.717, 1.165) is 42.1 Å². The van der Waals surface area contributed by atoms with Gasteiger partial charge in [0.15, 0.2) is 26.2 Å². The van der Waals surface area contributed by atoms with Crippen LogP contribution in [0.15, 0.2) is 35.3 Å². The molecule has 1 amide bonds. The number of benzene rings is 1. The number of nitrogens with zero attached hydrogens (tertiary/aromatic N) is 1. The van der Waals surface area contributed by atoms with Gasteiger partial charge in [0.25, 0.3) is 11.5 Å². The molecule has 0 fully saturated rings. The monoisotopic (exact) mass is 466 g/mol. The fourth-order valence-electron chi connectivity index (χ4n) is 2.72. The Labute approximate surface area is 173 Å². The zero-order valence-electron chi connectivity index (χ0n) is 16.2. The molecule has 31 heavy (non-hydrogen) atoms. The zero-order chi connectivity index (χ0) is 23.6. The largest absolute Gasteiger partial charge is 0.432 e. The second-order valence-corrected chi connectivity index (χ2v) is 9.23. The molecular formula is C18H18F4N2O6S. The zero-order valence-corrected chi connectivity index (χ0v) is 17.1. The Morgan fingerprint density at radius 2 is 1.90 bits per heavy atom. The first-order valence-electron chi connectivity index (χ1n) is 8.59. The van der Waals surface area contributed by atoms with E-state index in [0.29, 0.717) is 6.07 Å². The second-order valence-electron chi connectivity index (χ2n) is 6.78. The number of aryl methyl sites for hydroxylation is 1. The number of carbonyl (C=O) groups excluding carboxylic acids is 1. The fourth-order valence-corrected chi connectivity index (χ4v) is 3.57. The number of alkyl halides is 2. The minimum absolute atomic E-state index is 0.124. The van der Waals surface area contributed by atoms with Crippen LogP contribution >= 0.6 is 0 Å². The molecule has 1 atom stereocenters. The van der Waals surface area contributed by atoms with Gasteiger partial charge in [-0.3, -0.25) is 14.8 Å². The number of halogens is 4. The molecule has 0 radical (unpaired) electrons. The van der Waals surface area contributed by atoms with Crippen molar-refractivity contribution >= 4 is 15.7 Å². The van der Waals surface area contributed by atoms with Crippen LogP contribution in [-0.2, 0) is 21.2 Å². The van der Waals surface area contributed by atoms with Gasteiger partial charge < -0.3 is 9.30 Å². The molecule has 1 heterocycles. The van der Waals surface area contributed by atoms with Gasteiger partial charge in [-0.1, -0.05) is 6.07 Å².